The molecule has 0 bridgehead atoms. The maximum atomic E-state index is 13.2. The Balaban J connectivity index is 1.63. The minimum Gasteiger partial charge on any atom is -0.485 e. The van der Waals surface area contributed by atoms with E-state index in [1.807, 2.05) is 12.1 Å². The second-order valence-corrected chi connectivity index (χ2v) is 10.4. The number of carbonyl (C=O) groups excluding carboxylic acids is 1. The molecule has 0 spiro atoms. The number of hydrogen-bond donors (Lipinski definition) is 1. The number of piperazine rings is 1. The van der Waals surface area contributed by atoms with Gasteiger partial charge in [-0.3, -0.25) is 4.79 Å². The van der Waals surface area contributed by atoms with Crippen molar-refractivity contribution in [1.82, 2.24) is 9.21 Å². The van der Waals surface area contributed by atoms with E-state index in [0.29, 0.717) is 30.3 Å². The standard InChI is InChI=1S/C24H32N4O5S/c1-4-28(5-2)34(30,31)18-10-11-20(27-14-12-26(3)13-15-27)19(16-18)25-24(29)23-17-32-21-8-6-7-9-22(21)33-23/h6-11,16,23H,4-5,12-15,17H2,1-3H3,(H,25,29)/t23-/m1/s1. The average Bonchev–Trinajstić information content (AvgIpc) is 2.85. The number of anilines is 2. The number of fused-ring (bicyclic) bond motifs is 1. The summed E-state index contributed by atoms with van der Waals surface area (Å²) in [5.41, 5.74) is 1.24. The van der Waals surface area contributed by atoms with E-state index in [4.69, 9.17) is 9.47 Å². The van der Waals surface area contributed by atoms with Gasteiger partial charge in [-0.05, 0) is 37.4 Å². The number of para-hydroxylation sites is 2. The van der Waals surface area contributed by atoms with E-state index in [-0.39, 0.29) is 17.4 Å². The Morgan fingerprint density at radius 3 is 2.41 bits per heavy atom. The first-order chi connectivity index (χ1) is 16.3. The summed E-state index contributed by atoms with van der Waals surface area (Å²) >= 11 is 0. The van der Waals surface area contributed by atoms with Gasteiger partial charge in [0.05, 0.1) is 16.3 Å². The van der Waals surface area contributed by atoms with Crippen LogP contribution in [0.3, 0.4) is 0 Å². The summed E-state index contributed by atoms with van der Waals surface area (Å²) in [4.78, 5) is 17.7. The number of ether oxygens (including phenoxy) is 2. The SMILES string of the molecule is CCN(CC)S(=O)(=O)c1ccc(N2CCN(C)CC2)c(NC(=O)[C@H]2COc3ccccc3O2)c1. The van der Waals surface area contributed by atoms with Crippen LogP contribution in [0.1, 0.15) is 13.8 Å². The lowest BCUT2D eigenvalue weighted by atomic mass is 10.2. The van der Waals surface area contributed by atoms with Crippen molar-refractivity contribution in [3.8, 4) is 11.5 Å². The molecule has 0 aromatic heterocycles. The van der Waals surface area contributed by atoms with Crippen molar-refractivity contribution in [1.29, 1.82) is 0 Å². The molecule has 0 aliphatic carbocycles. The molecule has 0 saturated carbocycles. The van der Waals surface area contributed by atoms with E-state index in [1.54, 1.807) is 44.2 Å². The largest absolute Gasteiger partial charge is 0.485 e. The van der Waals surface area contributed by atoms with Gasteiger partial charge in [-0.1, -0.05) is 26.0 Å². The van der Waals surface area contributed by atoms with Crippen LogP contribution in [0.4, 0.5) is 11.4 Å². The Hall–Kier alpha value is -2.82. The highest BCUT2D eigenvalue weighted by molar-refractivity contribution is 7.89. The van der Waals surface area contributed by atoms with Gasteiger partial charge in [0.25, 0.3) is 5.91 Å². The lowest BCUT2D eigenvalue weighted by molar-refractivity contribution is -0.125. The van der Waals surface area contributed by atoms with Gasteiger partial charge >= 0.3 is 0 Å². The van der Waals surface area contributed by atoms with Crippen LogP contribution >= 0.6 is 0 Å². The second-order valence-electron chi connectivity index (χ2n) is 8.41. The van der Waals surface area contributed by atoms with Gasteiger partial charge in [0.15, 0.2) is 11.5 Å². The number of hydrogen-bond acceptors (Lipinski definition) is 7. The van der Waals surface area contributed by atoms with E-state index in [0.717, 1.165) is 31.9 Å². The van der Waals surface area contributed by atoms with Gasteiger partial charge in [0.1, 0.15) is 6.61 Å². The molecule has 0 unspecified atom stereocenters. The highest BCUT2D eigenvalue weighted by Gasteiger charge is 2.30. The van der Waals surface area contributed by atoms with Gasteiger partial charge in [-0.2, -0.15) is 4.31 Å². The summed E-state index contributed by atoms with van der Waals surface area (Å²) in [7, 11) is -1.61. The molecule has 9 nitrogen and oxygen atoms in total. The van der Waals surface area contributed by atoms with Crippen LogP contribution in [0.5, 0.6) is 11.5 Å². The predicted octanol–water partition coefficient (Wildman–Crippen LogP) is 2.25. The van der Waals surface area contributed by atoms with Crippen molar-refractivity contribution in [3.63, 3.8) is 0 Å². The summed E-state index contributed by atoms with van der Waals surface area (Å²) in [6.07, 6.45) is -0.849. The molecule has 34 heavy (non-hydrogen) atoms. The lowest BCUT2D eigenvalue weighted by Crippen LogP contribution is -2.45. The number of benzene rings is 2. The van der Waals surface area contributed by atoms with Crippen molar-refractivity contribution in [2.24, 2.45) is 0 Å². The molecule has 2 aromatic rings. The van der Waals surface area contributed by atoms with E-state index in [2.05, 4.69) is 22.2 Å². The van der Waals surface area contributed by atoms with Crippen molar-refractivity contribution < 1.29 is 22.7 Å². The zero-order chi connectivity index (χ0) is 24.3. The number of sulfonamides is 1. The molecular weight excluding hydrogens is 456 g/mol. The third-order valence-electron chi connectivity index (χ3n) is 6.21. The summed E-state index contributed by atoms with van der Waals surface area (Å²) in [6.45, 7) is 7.73. The summed E-state index contributed by atoms with van der Waals surface area (Å²) < 4.78 is 39.2. The van der Waals surface area contributed by atoms with Crippen molar-refractivity contribution >= 4 is 27.3 Å². The van der Waals surface area contributed by atoms with Crippen LogP contribution in [-0.4, -0.2) is 82.6 Å². The highest BCUT2D eigenvalue weighted by Crippen LogP contribution is 2.33. The van der Waals surface area contributed by atoms with E-state index in [9.17, 15) is 13.2 Å². The summed E-state index contributed by atoms with van der Waals surface area (Å²) in [6, 6.07) is 12.1. The molecule has 184 valence electrons. The lowest BCUT2D eigenvalue weighted by Gasteiger charge is -2.35. The smallest absolute Gasteiger partial charge is 0.269 e. The fourth-order valence-electron chi connectivity index (χ4n) is 4.17. The number of carbonyl (C=O) groups is 1. The Morgan fingerprint density at radius 1 is 1.06 bits per heavy atom. The quantitative estimate of drug-likeness (QED) is 0.639. The molecular formula is C24H32N4O5S. The monoisotopic (exact) mass is 488 g/mol. The third-order valence-corrected chi connectivity index (χ3v) is 8.26. The Kier molecular flexibility index (Phi) is 7.30. The fourth-order valence-corrected chi connectivity index (χ4v) is 5.66. The first-order valence-corrected chi connectivity index (χ1v) is 13.0. The number of nitrogens with one attached hydrogen (secondary N) is 1. The minimum absolute atomic E-state index is 0.0735. The van der Waals surface area contributed by atoms with Crippen LogP contribution in [0.15, 0.2) is 47.4 Å². The molecule has 1 fully saturated rings. The van der Waals surface area contributed by atoms with Crippen LogP contribution in [0.25, 0.3) is 0 Å². The first kappa shape index (κ1) is 24.3. The number of nitrogens with zero attached hydrogens (tertiary/aromatic N) is 3. The zero-order valence-corrected chi connectivity index (χ0v) is 20.7. The Labute approximate surface area is 201 Å². The van der Waals surface area contributed by atoms with Crippen LogP contribution in [0, 0.1) is 0 Å². The molecule has 2 aromatic carbocycles. The molecule has 1 atom stereocenters. The van der Waals surface area contributed by atoms with Gasteiger partial charge in [-0.15, -0.1) is 0 Å². The van der Waals surface area contributed by atoms with Crippen LogP contribution < -0.4 is 19.7 Å². The number of rotatable bonds is 7. The molecule has 1 amide bonds. The molecule has 2 aliphatic heterocycles. The van der Waals surface area contributed by atoms with Crippen molar-refractivity contribution in [2.45, 2.75) is 24.8 Å². The topological polar surface area (TPSA) is 91.4 Å². The van der Waals surface area contributed by atoms with Gasteiger partial charge in [-0.25, -0.2) is 8.42 Å². The maximum Gasteiger partial charge on any atom is 0.269 e. The second kappa shape index (κ2) is 10.2. The highest BCUT2D eigenvalue weighted by atomic mass is 32.2. The Bertz CT molecular complexity index is 1130. The molecule has 1 saturated heterocycles. The Morgan fingerprint density at radius 2 is 1.74 bits per heavy atom. The van der Waals surface area contributed by atoms with Gasteiger partial charge < -0.3 is 24.6 Å². The molecule has 1 N–H and O–H groups in total. The van der Waals surface area contributed by atoms with Crippen LogP contribution in [-0.2, 0) is 14.8 Å². The number of amides is 1. The molecule has 0 radical (unpaired) electrons. The molecule has 10 heteroatoms. The zero-order valence-electron chi connectivity index (χ0n) is 19.9. The molecule has 2 aliphatic rings. The normalized spacial score (nSPS) is 18.7. The van der Waals surface area contributed by atoms with Crippen molar-refractivity contribution in [3.05, 3.63) is 42.5 Å². The average molecular weight is 489 g/mol. The summed E-state index contributed by atoms with van der Waals surface area (Å²) in [5, 5.41) is 2.92. The van der Waals surface area contributed by atoms with E-state index >= 15 is 0 Å². The fraction of sp³-hybridized carbons (Fsp3) is 0.458. The van der Waals surface area contributed by atoms with Gasteiger partial charge in [0, 0.05) is 39.3 Å². The maximum absolute atomic E-state index is 13.2. The molecule has 4 rings (SSSR count). The van der Waals surface area contributed by atoms with Gasteiger partial charge in [0.2, 0.25) is 16.1 Å². The third kappa shape index (κ3) is 4.98. The van der Waals surface area contributed by atoms with E-state index < -0.39 is 16.1 Å². The van der Waals surface area contributed by atoms with Crippen molar-refractivity contribution in [2.75, 3.05) is 63.1 Å². The number of likely N-dealkylation sites (N-methyl/N-ethyl adjacent to an activating group) is 1. The van der Waals surface area contributed by atoms with E-state index in [1.165, 1.54) is 4.31 Å². The van der Waals surface area contributed by atoms with Crippen LogP contribution in [0.2, 0.25) is 0 Å². The first-order valence-electron chi connectivity index (χ1n) is 11.6. The minimum atomic E-state index is -3.68. The summed E-state index contributed by atoms with van der Waals surface area (Å²) in [5.74, 6) is 0.713. The molecule has 2 heterocycles. The predicted molar refractivity (Wildman–Crippen MR) is 131 cm³/mol.